The normalized spacial score (nSPS) is 20.7. The van der Waals surface area contributed by atoms with Gasteiger partial charge in [-0.2, -0.15) is 0 Å². The second-order valence-corrected chi connectivity index (χ2v) is 15.3. The summed E-state index contributed by atoms with van der Waals surface area (Å²) in [5.74, 6) is 1.84. The molecule has 0 bridgehead atoms. The van der Waals surface area contributed by atoms with E-state index in [1.54, 1.807) is 28.4 Å². The lowest BCUT2D eigenvalue weighted by Crippen LogP contribution is -2.46. The molecule has 0 spiro atoms. The van der Waals surface area contributed by atoms with Gasteiger partial charge in [-0.05, 0) is 116 Å². The molecule has 0 aromatic heterocycles. The minimum absolute atomic E-state index is 0.0296. The van der Waals surface area contributed by atoms with Gasteiger partial charge in [-0.15, -0.1) is 0 Å². The first-order valence-corrected chi connectivity index (χ1v) is 19.5. The molecule has 8 nitrogen and oxygen atoms in total. The van der Waals surface area contributed by atoms with Crippen LogP contribution >= 0.6 is 0 Å². The van der Waals surface area contributed by atoms with E-state index in [-0.39, 0.29) is 11.7 Å². The van der Waals surface area contributed by atoms with Gasteiger partial charge < -0.3 is 23.8 Å². The average Bonchev–Trinajstić information content (AvgIpc) is 3.55. The van der Waals surface area contributed by atoms with Crippen LogP contribution in [0.25, 0.3) is 0 Å². The van der Waals surface area contributed by atoms with Gasteiger partial charge in [-0.1, -0.05) is 66.7 Å². The van der Waals surface area contributed by atoms with Crippen molar-refractivity contribution in [1.82, 2.24) is 9.80 Å². The summed E-state index contributed by atoms with van der Waals surface area (Å²) in [5.41, 5.74) is 5.35. The maximum atomic E-state index is 15.2. The molecule has 3 atom stereocenters. The van der Waals surface area contributed by atoms with E-state index in [1.807, 2.05) is 35.2 Å². The van der Waals surface area contributed by atoms with Crippen LogP contribution in [0.15, 0.2) is 91.0 Å². The molecule has 0 radical (unpaired) electrons. The van der Waals surface area contributed by atoms with E-state index < -0.39 is 17.8 Å². The Morgan fingerprint density at radius 3 is 1.63 bits per heavy atom. The van der Waals surface area contributed by atoms with Crippen LogP contribution in [-0.4, -0.2) is 82.7 Å². The maximum Gasteiger partial charge on any atom is 0.227 e. The molecule has 1 amide bonds. The molecule has 7 rings (SSSR count). The lowest BCUT2D eigenvalue weighted by molar-refractivity contribution is -0.140. The number of rotatable bonds is 13. The van der Waals surface area contributed by atoms with E-state index in [9.17, 15) is 4.79 Å². The lowest BCUT2D eigenvalue weighted by atomic mass is 9.78. The molecule has 2 fully saturated rings. The minimum Gasteiger partial charge on any atom is -0.493 e. The highest BCUT2D eigenvalue weighted by Gasteiger charge is 2.51. The molecule has 2 heterocycles. The molecule has 54 heavy (non-hydrogen) atoms. The van der Waals surface area contributed by atoms with Crippen LogP contribution in [0.1, 0.15) is 65.3 Å². The number of nitrogens with zero attached hydrogens (tertiary/aromatic N) is 2. The van der Waals surface area contributed by atoms with Crippen molar-refractivity contribution >= 4 is 11.7 Å². The maximum absolute atomic E-state index is 15.2. The van der Waals surface area contributed by atoms with E-state index in [1.165, 1.54) is 11.1 Å². The highest BCUT2D eigenvalue weighted by molar-refractivity contribution is 5.97. The number of Topliss-reactive ketones (excluding diaryl/α,β-unsaturated/α-hetero) is 1. The summed E-state index contributed by atoms with van der Waals surface area (Å²) in [6, 6.07) is 31.1. The van der Waals surface area contributed by atoms with Crippen LogP contribution in [0.4, 0.5) is 0 Å². The molecule has 8 heteroatoms. The summed E-state index contributed by atoms with van der Waals surface area (Å²) in [6.45, 7) is 3.37. The van der Waals surface area contributed by atoms with E-state index in [2.05, 4.69) is 65.6 Å². The van der Waals surface area contributed by atoms with Crippen molar-refractivity contribution < 1.29 is 28.5 Å². The largest absolute Gasteiger partial charge is 0.493 e. The van der Waals surface area contributed by atoms with Gasteiger partial charge in [0.1, 0.15) is 0 Å². The van der Waals surface area contributed by atoms with Crippen LogP contribution in [0.3, 0.4) is 0 Å². The molecule has 3 aliphatic rings. The van der Waals surface area contributed by atoms with Gasteiger partial charge in [-0.25, -0.2) is 0 Å². The number of ether oxygens (including phenoxy) is 4. The third-order valence-corrected chi connectivity index (χ3v) is 12.1. The predicted molar refractivity (Wildman–Crippen MR) is 211 cm³/mol. The van der Waals surface area contributed by atoms with Crippen molar-refractivity contribution in [2.24, 2.45) is 17.8 Å². The highest BCUT2D eigenvalue weighted by atomic mass is 16.5. The Kier molecular flexibility index (Phi) is 11.9. The molecule has 4 aromatic carbocycles. The number of ketones is 1. The Balaban J connectivity index is 1.20. The van der Waals surface area contributed by atoms with Gasteiger partial charge in [-0.3, -0.25) is 14.5 Å². The molecule has 2 aliphatic heterocycles. The number of amides is 1. The number of piperidine rings is 2. The van der Waals surface area contributed by atoms with Gasteiger partial charge in [0.15, 0.2) is 28.8 Å². The van der Waals surface area contributed by atoms with E-state index in [4.69, 9.17) is 18.9 Å². The zero-order chi connectivity index (χ0) is 37.6. The molecular weight excluding hydrogens is 677 g/mol. The Morgan fingerprint density at radius 2 is 1.09 bits per heavy atom. The summed E-state index contributed by atoms with van der Waals surface area (Å²) in [5, 5.41) is 0. The molecule has 4 aromatic rings. The molecule has 2 saturated heterocycles. The first-order valence-electron chi connectivity index (χ1n) is 19.5. The van der Waals surface area contributed by atoms with Crippen molar-refractivity contribution in [3.8, 4) is 23.0 Å². The fourth-order valence-corrected chi connectivity index (χ4v) is 9.25. The van der Waals surface area contributed by atoms with Crippen LogP contribution in [0.5, 0.6) is 23.0 Å². The van der Waals surface area contributed by atoms with Crippen molar-refractivity contribution in [3.63, 3.8) is 0 Å². The molecule has 3 unspecified atom stereocenters. The molecular formula is C46H54N2O6. The topological polar surface area (TPSA) is 77.5 Å². The number of hydrogen-bond donors (Lipinski definition) is 0. The molecule has 284 valence electrons. The smallest absolute Gasteiger partial charge is 0.227 e. The van der Waals surface area contributed by atoms with Crippen molar-refractivity contribution in [2.75, 3.05) is 61.2 Å². The van der Waals surface area contributed by atoms with Gasteiger partial charge >= 0.3 is 0 Å². The zero-order valence-corrected chi connectivity index (χ0v) is 32.2. The minimum atomic E-state index is -0.644. The summed E-state index contributed by atoms with van der Waals surface area (Å²) in [6.07, 6.45) is 6.02. The average molecular weight is 731 g/mol. The lowest BCUT2D eigenvalue weighted by Gasteiger charge is -2.37. The summed E-state index contributed by atoms with van der Waals surface area (Å²) in [7, 11) is 6.47. The summed E-state index contributed by atoms with van der Waals surface area (Å²) < 4.78 is 23.0. The molecule has 1 aliphatic carbocycles. The van der Waals surface area contributed by atoms with Crippen molar-refractivity contribution in [3.05, 3.63) is 119 Å². The molecule has 0 saturated carbocycles. The Bertz CT molecular complexity index is 1880. The SMILES string of the molecule is COc1ccc(C2c3cc(OC)c(OC)cc3C(C(=O)CN3CCC(Cc4ccccc4)CC3)C2C(=O)N2CCC(Cc3ccccc3)CC2)cc1OC. The number of likely N-dealkylation sites (tertiary alicyclic amines) is 2. The quantitative estimate of drug-likeness (QED) is 0.141. The summed E-state index contributed by atoms with van der Waals surface area (Å²) >= 11 is 0. The van der Waals surface area contributed by atoms with E-state index in [0.29, 0.717) is 54.5 Å². The number of methoxy groups -OCH3 is 4. The highest BCUT2D eigenvalue weighted by Crippen LogP contribution is 2.54. The predicted octanol–water partition coefficient (Wildman–Crippen LogP) is 7.57. The van der Waals surface area contributed by atoms with E-state index >= 15 is 4.79 Å². The van der Waals surface area contributed by atoms with E-state index in [0.717, 1.165) is 68.3 Å². The third-order valence-electron chi connectivity index (χ3n) is 12.1. The van der Waals surface area contributed by atoms with Crippen LogP contribution < -0.4 is 18.9 Å². The fourth-order valence-electron chi connectivity index (χ4n) is 9.25. The van der Waals surface area contributed by atoms with Gasteiger partial charge in [0.05, 0.1) is 46.8 Å². The first-order chi connectivity index (χ1) is 26.4. The Morgan fingerprint density at radius 1 is 0.593 bits per heavy atom. The number of carbonyl (C=O) groups excluding carboxylic acids is 2. The fraction of sp³-hybridized carbons (Fsp3) is 0.435. The zero-order valence-electron chi connectivity index (χ0n) is 32.2. The number of carbonyl (C=O) groups is 2. The first kappa shape index (κ1) is 37.5. The van der Waals surface area contributed by atoms with Crippen molar-refractivity contribution in [2.45, 2.75) is 50.4 Å². The van der Waals surface area contributed by atoms with Crippen LogP contribution in [-0.2, 0) is 22.4 Å². The Hall–Kier alpha value is -4.82. The van der Waals surface area contributed by atoms with Crippen LogP contribution in [0, 0.1) is 17.8 Å². The second kappa shape index (κ2) is 17.1. The van der Waals surface area contributed by atoms with Gasteiger partial charge in [0.25, 0.3) is 0 Å². The monoisotopic (exact) mass is 730 g/mol. The van der Waals surface area contributed by atoms with Gasteiger partial charge in [0, 0.05) is 19.0 Å². The van der Waals surface area contributed by atoms with Crippen molar-refractivity contribution in [1.29, 1.82) is 0 Å². The Labute approximate surface area is 320 Å². The number of hydrogen-bond acceptors (Lipinski definition) is 7. The number of fused-ring (bicyclic) bond motifs is 1. The summed E-state index contributed by atoms with van der Waals surface area (Å²) in [4.78, 5) is 34.4. The van der Waals surface area contributed by atoms with Gasteiger partial charge in [0.2, 0.25) is 5.91 Å². The standard InChI is InChI=1S/C46H54N2O6/c1-51-39-16-15-35(27-40(39)52-2)43-36-28-41(53-3)42(54-4)29-37(36)44(38(49)30-47-21-17-33(18-22-47)25-31-11-7-5-8-12-31)45(43)46(50)48-23-19-34(20-24-48)26-32-13-9-6-10-14-32/h5-16,27-29,33-34,43-45H,17-26,30H2,1-4H3. The number of benzene rings is 4. The third kappa shape index (κ3) is 8.00. The second-order valence-electron chi connectivity index (χ2n) is 15.3. The molecule has 0 N–H and O–H groups in total. The van der Waals surface area contributed by atoms with Crippen LogP contribution in [0.2, 0.25) is 0 Å².